The molecule has 0 radical (unpaired) electrons. The fourth-order valence-corrected chi connectivity index (χ4v) is 2.49. The summed E-state index contributed by atoms with van der Waals surface area (Å²) in [4.78, 5) is 11.7. The second kappa shape index (κ2) is 3.85. The molecule has 0 fully saturated rings. The number of nitrogens with zero attached hydrogens (tertiary/aromatic N) is 3. The Morgan fingerprint density at radius 2 is 2.36 bits per heavy atom. The number of fused-ring (bicyclic) bond motifs is 1. The molecular formula is C9H16N3OP. The number of aromatic nitrogens is 3. The molecule has 0 saturated heterocycles. The van der Waals surface area contributed by atoms with Crippen LogP contribution in [0.25, 0.3) is 0 Å². The molecule has 1 aliphatic heterocycles. The largest absolute Gasteiger partial charge is 0.345 e. The van der Waals surface area contributed by atoms with E-state index >= 15 is 0 Å². The molecule has 1 aromatic heterocycles. The Kier molecular flexibility index (Phi) is 2.73. The van der Waals surface area contributed by atoms with Crippen molar-refractivity contribution in [3.8, 4) is 0 Å². The molecule has 0 aliphatic carbocycles. The van der Waals surface area contributed by atoms with Gasteiger partial charge < -0.3 is 0 Å². The average molecular weight is 213 g/mol. The van der Waals surface area contributed by atoms with E-state index in [2.05, 4.69) is 14.3 Å². The van der Waals surface area contributed by atoms with Gasteiger partial charge >= 0.3 is 5.69 Å². The standard InChI is InChI=1S/C9H16N3OP/c1-11-9(13)12-5-3-2-4-7(6-14)8(12)10-11/h7H,2-6,14H2,1H3. The highest BCUT2D eigenvalue weighted by molar-refractivity contribution is 7.16. The Hall–Kier alpha value is -0.630. The summed E-state index contributed by atoms with van der Waals surface area (Å²) >= 11 is 0. The van der Waals surface area contributed by atoms with E-state index in [0.717, 1.165) is 31.4 Å². The third-order valence-corrected chi connectivity index (χ3v) is 3.44. The minimum atomic E-state index is 0.0327. The molecule has 2 unspecified atom stereocenters. The maximum atomic E-state index is 11.7. The topological polar surface area (TPSA) is 39.8 Å². The van der Waals surface area contributed by atoms with E-state index in [1.165, 1.54) is 11.1 Å². The maximum Gasteiger partial charge on any atom is 0.345 e. The van der Waals surface area contributed by atoms with Crippen molar-refractivity contribution in [3.05, 3.63) is 16.3 Å². The molecule has 0 amide bonds. The molecular weight excluding hydrogens is 197 g/mol. The van der Waals surface area contributed by atoms with Crippen LogP contribution in [0, 0.1) is 0 Å². The van der Waals surface area contributed by atoms with Gasteiger partial charge in [-0.1, -0.05) is 6.42 Å². The lowest BCUT2D eigenvalue weighted by molar-refractivity contribution is 0.591. The van der Waals surface area contributed by atoms with Crippen molar-refractivity contribution in [2.45, 2.75) is 31.7 Å². The zero-order valence-corrected chi connectivity index (χ0v) is 9.59. The normalized spacial score (nSPS) is 21.7. The fraction of sp³-hybridized carbons (Fsp3) is 0.778. The first-order chi connectivity index (χ1) is 6.74. The predicted octanol–water partition coefficient (Wildman–Crippen LogP) is 0.724. The van der Waals surface area contributed by atoms with Crippen LogP contribution >= 0.6 is 9.24 Å². The van der Waals surface area contributed by atoms with Crippen molar-refractivity contribution < 1.29 is 0 Å². The van der Waals surface area contributed by atoms with E-state index in [9.17, 15) is 4.79 Å². The summed E-state index contributed by atoms with van der Waals surface area (Å²) in [5.41, 5.74) is 0.0327. The molecule has 0 spiro atoms. The SMILES string of the molecule is Cn1nc2n(c1=O)CCCCC2CP. The summed E-state index contributed by atoms with van der Waals surface area (Å²) in [5.74, 6) is 1.42. The molecule has 2 heterocycles. The van der Waals surface area contributed by atoms with Gasteiger partial charge in [-0.3, -0.25) is 4.57 Å². The van der Waals surface area contributed by atoms with Gasteiger partial charge in [0.05, 0.1) is 0 Å². The van der Waals surface area contributed by atoms with Crippen LogP contribution in [0.4, 0.5) is 0 Å². The van der Waals surface area contributed by atoms with Crippen LogP contribution in [0.2, 0.25) is 0 Å². The molecule has 2 rings (SSSR count). The molecule has 1 aromatic rings. The lowest BCUT2D eigenvalue weighted by Crippen LogP contribution is -2.23. The molecule has 78 valence electrons. The zero-order chi connectivity index (χ0) is 10.1. The maximum absolute atomic E-state index is 11.7. The van der Waals surface area contributed by atoms with Crippen LogP contribution < -0.4 is 5.69 Å². The number of hydrogen-bond donors (Lipinski definition) is 0. The molecule has 0 N–H and O–H groups in total. The van der Waals surface area contributed by atoms with Crippen LogP contribution in [0.15, 0.2) is 4.79 Å². The minimum absolute atomic E-state index is 0.0327. The van der Waals surface area contributed by atoms with Crippen LogP contribution in [0.5, 0.6) is 0 Å². The molecule has 4 nitrogen and oxygen atoms in total. The van der Waals surface area contributed by atoms with E-state index in [0.29, 0.717) is 5.92 Å². The second-order valence-electron chi connectivity index (χ2n) is 3.84. The Bertz CT molecular complexity index is 382. The Balaban J connectivity index is 2.49. The highest BCUT2D eigenvalue weighted by Gasteiger charge is 2.21. The van der Waals surface area contributed by atoms with Gasteiger partial charge in [-0.2, -0.15) is 5.10 Å². The Morgan fingerprint density at radius 1 is 1.57 bits per heavy atom. The summed E-state index contributed by atoms with van der Waals surface area (Å²) in [6.07, 6.45) is 4.45. The first kappa shape index (κ1) is 9.91. The molecule has 5 heteroatoms. The van der Waals surface area contributed by atoms with Crippen LogP contribution in [-0.2, 0) is 13.6 Å². The van der Waals surface area contributed by atoms with Gasteiger partial charge in [0.15, 0.2) is 0 Å². The van der Waals surface area contributed by atoms with Crippen molar-refractivity contribution in [2.75, 3.05) is 6.16 Å². The number of rotatable bonds is 1. The van der Waals surface area contributed by atoms with Gasteiger partial charge in [0.1, 0.15) is 5.82 Å². The summed E-state index contributed by atoms with van der Waals surface area (Å²) in [6.45, 7) is 0.836. The number of hydrogen-bond acceptors (Lipinski definition) is 2. The minimum Gasteiger partial charge on any atom is -0.279 e. The van der Waals surface area contributed by atoms with E-state index in [1.54, 1.807) is 7.05 Å². The van der Waals surface area contributed by atoms with E-state index in [4.69, 9.17) is 0 Å². The van der Waals surface area contributed by atoms with Crippen molar-refractivity contribution in [2.24, 2.45) is 7.05 Å². The van der Waals surface area contributed by atoms with Crippen LogP contribution in [0.1, 0.15) is 31.0 Å². The van der Waals surface area contributed by atoms with Crippen LogP contribution in [0.3, 0.4) is 0 Å². The third-order valence-electron chi connectivity index (χ3n) is 2.87. The monoisotopic (exact) mass is 213 g/mol. The first-order valence-electron chi connectivity index (χ1n) is 5.08. The van der Waals surface area contributed by atoms with Gasteiger partial charge in [0.25, 0.3) is 0 Å². The summed E-state index contributed by atoms with van der Waals surface area (Å²) in [6, 6.07) is 0. The van der Waals surface area contributed by atoms with E-state index < -0.39 is 0 Å². The molecule has 2 atom stereocenters. The highest BCUT2D eigenvalue weighted by atomic mass is 31.0. The van der Waals surface area contributed by atoms with Crippen molar-refractivity contribution >= 4 is 9.24 Å². The van der Waals surface area contributed by atoms with Gasteiger partial charge in [0, 0.05) is 19.5 Å². The average Bonchev–Trinajstić information content (AvgIpc) is 2.41. The summed E-state index contributed by atoms with van der Waals surface area (Å²) < 4.78 is 3.29. The lowest BCUT2D eigenvalue weighted by atomic mass is 10.1. The Labute approximate surface area is 85.5 Å². The number of aryl methyl sites for hydroxylation is 1. The van der Waals surface area contributed by atoms with E-state index in [-0.39, 0.29) is 5.69 Å². The highest BCUT2D eigenvalue weighted by Crippen LogP contribution is 2.25. The van der Waals surface area contributed by atoms with E-state index in [1.807, 2.05) is 4.57 Å². The summed E-state index contributed by atoms with van der Waals surface area (Å²) in [5, 5.41) is 4.32. The third kappa shape index (κ3) is 1.52. The molecule has 1 aliphatic rings. The van der Waals surface area contributed by atoms with Gasteiger partial charge in [-0.05, 0) is 19.0 Å². The van der Waals surface area contributed by atoms with Crippen LogP contribution in [-0.4, -0.2) is 20.5 Å². The molecule has 0 aromatic carbocycles. The lowest BCUT2D eigenvalue weighted by Gasteiger charge is -2.09. The summed E-state index contributed by atoms with van der Waals surface area (Å²) in [7, 11) is 4.48. The first-order valence-corrected chi connectivity index (χ1v) is 5.89. The Morgan fingerprint density at radius 3 is 3.07 bits per heavy atom. The zero-order valence-electron chi connectivity index (χ0n) is 8.44. The molecule has 0 bridgehead atoms. The van der Waals surface area contributed by atoms with Crippen molar-refractivity contribution in [1.82, 2.24) is 14.3 Å². The molecule has 14 heavy (non-hydrogen) atoms. The van der Waals surface area contributed by atoms with Gasteiger partial charge in [-0.25, -0.2) is 9.48 Å². The van der Waals surface area contributed by atoms with Gasteiger partial charge in [0.2, 0.25) is 0 Å². The fourth-order valence-electron chi connectivity index (χ4n) is 2.05. The van der Waals surface area contributed by atoms with Gasteiger partial charge in [-0.15, -0.1) is 9.24 Å². The quantitative estimate of drug-likeness (QED) is 0.645. The second-order valence-corrected chi connectivity index (χ2v) is 4.32. The predicted molar refractivity (Wildman–Crippen MR) is 58.6 cm³/mol. The smallest absolute Gasteiger partial charge is 0.279 e. The molecule has 0 saturated carbocycles. The van der Waals surface area contributed by atoms with Crippen molar-refractivity contribution in [3.63, 3.8) is 0 Å². The van der Waals surface area contributed by atoms with Crippen molar-refractivity contribution in [1.29, 1.82) is 0 Å².